The normalized spacial score (nSPS) is 13.7. The minimum absolute atomic E-state index is 0.101. The maximum absolute atomic E-state index is 11.4. The van der Waals surface area contributed by atoms with Crippen molar-refractivity contribution in [1.82, 2.24) is 30.0 Å². The summed E-state index contributed by atoms with van der Waals surface area (Å²) >= 11 is 0. The van der Waals surface area contributed by atoms with E-state index in [9.17, 15) is 9.90 Å². The van der Waals surface area contributed by atoms with Gasteiger partial charge >= 0.3 is 5.97 Å². The van der Waals surface area contributed by atoms with E-state index in [1.54, 1.807) is 16.4 Å². The minimum atomic E-state index is -1.01. The van der Waals surface area contributed by atoms with Crippen LogP contribution in [0.1, 0.15) is 27.3 Å². The molecule has 4 rings (SSSR count). The zero-order chi connectivity index (χ0) is 17.4. The quantitative estimate of drug-likeness (QED) is 0.747. The fourth-order valence-corrected chi connectivity index (χ4v) is 3.22. The van der Waals surface area contributed by atoms with Gasteiger partial charge in [-0.2, -0.15) is 5.10 Å². The number of tetrazole rings is 1. The molecule has 0 bridgehead atoms. The largest absolute Gasteiger partial charge is 0.476 e. The standard InChI is InChI=1S/C16H17N7O2/c1-21-13-7-8-22(10-12(13)14(18-21)15(24)25)16-17-19-20-23(16)9-11-5-3-2-4-6-11/h2-6H,7-10H2,1H3,(H,24,25). The maximum Gasteiger partial charge on any atom is 0.356 e. The third kappa shape index (κ3) is 2.73. The summed E-state index contributed by atoms with van der Waals surface area (Å²) in [6.07, 6.45) is 0.699. The summed E-state index contributed by atoms with van der Waals surface area (Å²) in [5, 5.41) is 25.5. The molecule has 2 aromatic heterocycles. The second kappa shape index (κ2) is 6.00. The molecule has 0 saturated carbocycles. The van der Waals surface area contributed by atoms with Gasteiger partial charge in [-0.1, -0.05) is 35.4 Å². The van der Waals surface area contributed by atoms with Gasteiger partial charge < -0.3 is 10.0 Å². The van der Waals surface area contributed by atoms with Crippen LogP contribution < -0.4 is 4.90 Å². The van der Waals surface area contributed by atoms with Crippen LogP contribution in [0, 0.1) is 0 Å². The first-order chi connectivity index (χ1) is 12.1. The first-order valence-corrected chi connectivity index (χ1v) is 7.96. The number of carbonyl (C=O) groups is 1. The highest BCUT2D eigenvalue weighted by Crippen LogP contribution is 2.25. The molecule has 0 radical (unpaired) electrons. The Labute approximate surface area is 143 Å². The van der Waals surface area contributed by atoms with Gasteiger partial charge in [0.15, 0.2) is 5.69 Å². The molecule has 3 aromatic rings. The zero-order valence-corrected chi connectivity index (χ0v) is 13.7. The minimum Gasteiger partial charge on any atom is -0.476 e. The van der Waals surface area contributed by atoms with E-state index >= 15 is 0 Å². The van der Waals surface area contributed by atoms with E-state index in [-0.39, 0.29) is 5.69 Å². The van der Waals surface area contributed by atoms with Crippen molar-refractivity contribution in [3.05, 3.63) is 52.8 Å². The van der Waals surface area contributed by atoms with Crippen LogP contribution in [0.25, 0.3) is 0 Å². The molecule has 128 valence electrons. The highest BCUT2D eigenvalue weighted by Gasteiger charge is 2.29. The van der Waals surface area contributed by atoms with Crippen LogP contribution in [0.5, 0.6) is 0 Å². The molecular formula is C16H17N7O2. The number of aromatic carboxylic acids is 1. The number of hydrogen-bond donors (Lipinski definition) is 1. The first kappa shape index (κ1) is 15.3. The lowest BCUT2D eigenvalue weighted by atomic mass is 10.1. The number of nitrogens with zero attached hydrogens (tertiary/aromatic N) is 7. The van der Waals surface area contributed by atoms with Crippen LogP contribution in [-0.2, 0) is 26.6 Å². The molecule has 0 saturated heterocycles. The van der Waals surface area contributed by atoms with Gasteiger partial charge in [-0.25, -0.2) is 9.48 Å². The highest BCUT2D eigenvalue weighted by molar-refractivity contribution is 5.87. The van der Waals surface area contributed by atoms with Gasteiger partial charge in [0.05, 0.1) is 13.1 Å². The van der Waals surface area contributed by atoms with Gasteiger partial charge in [-0.05, 0) is 16.0 Å². The van der Waals surface area contributed by atoms with E-state index in [1.807, 2.05) is 35.2 Å². The number of benzene rings is 1. The zero-order valence-electron chi connectivity index (χ0n) is 13.7. The van der Waals surface area contributed by atoms with E-state index in [0.717, 1.165) is 16.8 Å². The van der Waals surface area contributed by atoms with Crippen LogP contribution in [0.2, 0.25) is 0 Å². The predicted octanol–water partition coefficient (Wildman–Crippen LogP) is 0.716. The van der Waals surface area contributed by atoms with Gasteiger partial charge in [0.1, 0.15) is 0 Å². The molecule has 1 aliphatic rings. The summed E-state index contributed by atoms with van der Waals surface area (Å²) in [5.41, 5.74) is 2.89. The van der Waals surface area contributed by atoms with Crippen molar-refractivity contribution < 1.29 is 9.90 Å². The Morgan fingerprint density at radius 3 is 2.84 bits per heavy atom. The topological polar surface area (TPSA) is 102 Å². The molecule has 1 N–H and O–H groups in total. The average molecular weight is 339 g/mol. The molecule has 0 spiro atoms. The molecule has 1 aliphatic heterocycles. The summed E-state index contributed by atoms with van der Waals surface area (Å²) in [4.78, 5) is 13.4. The summed E-state index contributed by atoms with van der Waals surface area (Å²) < 4.78 is 3.39. The fraction of sp³-hybridized carbons (Fsp3) is 0.312. The highest BCUT2D eigenvalue weighted by atomic mass is 16.4. The number of carboxylic acids is 1. The van der Waals surface area contributed by atoms with Gasteiger partial charge in [-0.15, -0.1) is 0 Å². The van der Waals surface area contributed by atoms with Crippen LogP contribution in [0.15, 0.2) is 30.3 Å². The second-order valence-electron chi connectivity index (χ2n) is 6.00. The number of rotatable bonds is 4. The maximum atomic E-state index is 11.4. The predicted molar refractivity (Wildman–Crippen MR) is 88.3 cm³/mol. The van der Waals surface area contributed by atoms with Crippen molar-refractivity contribution in [3.8, 4) is 0 Å². The van der Waals surface area contributed by atoms with E-state index in [4.69, 9.17) is 0 Å². The monoisotopic (exact) mass is 339 g/mol. The Kier molecular flexibility index (Phi) is 3.68. The van der Waals surface area contributed by atoms with Crippen molar-refractivity contribution in [2.75, 3.05) is 11.4 Å². The van der Waals surface area contributed by atoms with Gasteiger partial charge in [0.25, 0.3) is 0 Å². The van der Waals surface area contributed by atoms with Crippen molar-refractivity contribution >= 4 is 11.9 Å². The molecule has 0 amide bonds. The van der Waals surface area contributed by atoms with E-state index in [1.165, 1.54) is 0 Å². The molecular weight excluding hydrogens is 322 g/mol. The average Bonchev–Trinajstić information content (AvgIpc) is 3.20. The van der Waals surface area contributed by atoms with Crippen molar-refractivity contribution in [2.45, 2.75) is 19.5 Å². The van der Waals surface area contributed by atoms with Crippen molar-refractivity contribution in [2.24, 2.45) is 7.05 Å². The first-order valence-electron chi connectivity index (χ1n) is 7.96. The lowest BCUT2D eigenvalue weighted by Gasteiger charge is -2.27. The van der Waals surface area contributed by atoms with E-state index in [2.05, 4.69) is 20.6 Å². The Hall–Kier alpha value is -3.23. The number of aromatic nitrogens is 6. The summed E-state index contributed by atoms with van der Waals surface area (Å²) in [6, 6.07) is 9.95. The Bertz CT molecular complexity index is 916. The summed E-state index contributed by atoms with van der Waals surface area (Å²) in [5.74, 6) is -0.378. The molecule has 0 aliphatic carbocycles. The summed E-state index contributed by atoms with van der Waals surface area (Å²) in [6.45, 7) is 1.70. The fourth-order valence-electron chi connectivity index (χ4n) is 3.22. The number of carboxylic acid groups (broad SMARTS) is 1. The van der Waals surface area contributed by atoms with Gasteiger partial charge in [0, 0.05) is 31.3 Å². The molecule has 0 fully saturated rings. The lowest BCUT2D eigenvalue weighted by molar-refractivity contribution is 0.0688. The van der Waals surface area contributed by atoms with Gasteiger partial charge in [0.2, 0.25) is 5.95 Å². The second-order valence-corrected chi connectivity index (χ2v) is 6.00. The molecule has 0 unspecified atom stereocenters. The SMILES string of the molecule is Cn1nc(C(=O)O)c2c1CCN(c1nnnn1Cc1ccccc1)C2. The van der Waals surface area contributed by atoms with E-state index < -0.39 is 5.97 Å². The number of anilines is 1. The summed E-state index contributed by atoms with van der Waals surface area (Å²) in [7, 11) is 1.78. The number of aryl methyl sites for hydroxylation is 1. The van der Waals surface area contributed by atoms with E-state index in [0.29, 0.717) is 32.0 Å². The van der Waals surface area contributed by atoms with Crippen LogP contribution in [-0.4, -0.2) is 47.6 Å². The molecule has 3 heterocycles. The molecule has 1 aromatic carbocycles. The number of fused-ring (bicyclic) bond motifs is 1. The molecule has 9 heteroatoms. The third-order valence-electron chi connectivity index (χ3n) is 4.42. The molecule has 25 heavy (non-hydrogen) atoms. The van der Waals surface area contributed by atoms with Gasteiger partial charge in [-0.3, -0.25) is 4.68 Å². The van der Waals surface area contributed by atoms with Crippen LogP contribution in [0.3, 0.4) is 0 Å². The van der Waals surface area contributed by atoms with Crippen LogP contribution in [0.4, 0.5) is 5.95 Å². The Morgan fingerprint density at radius 1 is 1.28 bits per heavy atom. The molecule has 9 nitrogen and oxygen atoms in total. The molecule has 0 atom stereocenters. The number of hydrogen-bond acceptors (Lipinski definition) is 6. The third-order valence-corrected chi connectivity index (χ3v) is 4.42. The van der Waals surface area contributed by atoms with Crippen molar-refractivity contribution in [3.63, 3.8) is 0 Å². The van der Waals surface area contributed by atoms with Crippen LogP contribution >= 0.6 is 0 Å². The Morgan fingerprint density at radius 2 is 2.08 bits per heavy atom. The van der Waals surface area contributed by atoms with Crippen molar-refractivity contribution in [1.29, 1.82) is 0 Å². The smallest absolute Gasteiger partial charge is 0.356 e. The lowest BCUT2D eigenvalue weighted by Crippen LogP contribution is -2.33. The Balaban J connectivity index is 1.63.